The van der Waals surface area contributed by atoms with Crippen molar-refractivity contribution in [3.8, 4) is 0 Å². The minimum absolute atomic E-state index is 0.737. The van der Waals surface area contributed by atoms with E-state index in [0.717, 1.165) is 6.04 Å². The third-order valence-electron chi connectivity index (χ3n) is 3.46. The highest BCUT2D eigenvalue weighted by Gasteiger charge is 2.64. The molecule has 0 amide bonds. The molecule has 1 rings (SSSR count). The molecule has 1 aliphatic heterocycles. The van der Waals surface area contributed by atoms with Crippen LogP contribution in [0.4, 0.5) is 0 Å². The van der Waals surface area contributed by atoms with E-state index in [2.05, 4.69) is 67.8 Å². The van der Waals surface area contributed by atoms with Crippen molar-refractivity contribution in [1.29, 1.82) is 0 Å². The summed E-state index contributed by atoms with van der Waals surface area (Å²) in [6.07, 6.45) is 0. The molecule has 5 heteroatoms. The SMILES string of the molecule is CC(C)N1[Si](C)(C)N([Si](C)(C)C)[Si]1(C)C. The van der Waals surface area contributed by atoms with E-state index in [0.29, 0.717) is 0 Å². The highest BCUT2D eigenvalue weighted by Crippen LogP contribution is 2.43. The Morgan fingerprint density at radius 3 is 1.40 bits per heavy atom. The molecule has 1 saturated heterocycles. The lowest BCUT2D eigenvalue weighted by Crippen LogP contribution is -2.94. The summed E-state index contributed by atoms with van der Waals surface area (Å²) in [5.74, 6) is 0. The minimum Gasteiger partial charge on any atom is -0.345 e. The standard InChI is InChI=1S/C10H28N2Si3/c1-10(2)11-14(6,7)12(13(3,4)5)15(11,8)9/h10H,1-9H3. The molecule has 0 aliphatic carbocycles. The summed E-state index contributed by atoms with van der Waals surface area (Å²) in [5.41, 5.74) is 0. The van der Waals surface area contributed by atoms with Crippen molar-refractivity contribution >= 4 is 25.0 Å². The van der Waals surface area contributed by atoms with E-state index >= 15 is 0 Å². The first-order valence-electron chi connectivity index (χ1n) is 6.03. The van der Waals surface area contributed by atoms with Gasteiger partial charge in [0.05, 0.1) is 0 Å². The van der Waals surface area contributed by atoms with E-state index < -0.39 is 25.0 Å². The molecule has 0 bridgehead atoms. The monoisotopic (exact) mass is 260 g/mol. The molecule has 0 spiro atoms. The van der Waals surface area contributed by atoms with Gasteiger partial charge in [-0.05, 0) is 32.2 Å². The Morgan fingerprint density at radius 1 is 0.867 bits per heavy atom. The van der Waals surface area contributed by atoms with Gasteiger partial charge in [-0.1, -0.05) is 33.5 Å². The van der Waals surface area contributed by atoms with Gasteiger partial charge in [0.15, 0.2) is 16.8 Å². The number of nitrogens with zero attached hydrogens (tertiary/aromatic N) is 2. The molecule has 0 aromatic rings. The van der Waals surface area contributed by atoms with Gasteiger partial charge in [0, 0.05) is 0 Å². The van der Waals surface area contributed by atoms with Gasteiger partial charge >= 0.3 is 0 Å². The summed E-state index contributed by atoms with van der Waals surface area (Å²) in [7, 11) is -3.62. The van der Waals surface area contributed by atoms with Gasteiger partial charge in [-0.25, -0.2) is 0 Å². The largest absolute Gasteiger partial charge is 0.345 e. The highest BCUT2D eigenvalue weighted by molar-refractivity contribution is 7.13. The first kappa shape index (κ1) is 13.6. The topological polar surface area (TPSA) is 6.48 Å². The molecule has 1 fully saturated rings. The smallest absolute Gasteiger partial charge is 0.182 e. The Bertz CT molecular complexity index is 240. The van der Waals surface area contributed by atoms with Gasteiger partial charge in [0.2, 0.25) is 0 Å². The predicted molar refractivity (Wildman–Crippen MR) is 77.1 cm³/mol. The van der Waals surface area contributed by atoms with E-state index in [1.165, 1.54) is 0 Å². The van der Waals surface area contributed by atoms with Crippen LogP contribution in [0.2, 0.25) is 45.8 Å². The molecule has 0 aromatic heterocycles. The Hall–Kier alpha value is 0.571. The van der Waals surface area contributed by atoms with Crippen LogP contribution in [0.5, 0.6) is 0 Å². The van der Waals surface area contributed by atoms with E-state index in [9.17, 15) is 0 Å². The van der Waals surface area contributed by atoms with Crippen molar-refractivity contribution in [1.82, 2.24) is 8.13 Å². The highest BCUT2D eigenvalue weighted by atomic mass is 28.5. The lowest BCUT2D eigenvalue weighted by molar-refractivity contribution is 0.402. The maximum atomic E-state index is 3.02. The Kier molecular flexibility index (Phi) is 3.21. The molecule has 15 heavy (non-hydrogen) atoms. The first-order valence-corrected chi connectivity index (χ1v) is 15.3. The fourth-order valence-corrected chi connectivity index (χ4v) is 33.1. The molecule has 0 atom stereocenters. The maximum absolute atomic E-state index is 3.02. The normalized spacial score (nSPS) is 26.8. The van der Waals surface area contributed by atoms with Crippen LogP contribution < -0.4 is 0 Å². The summed E-state index contributed by atoms with van der Waals surface area (Å²) in [4.78, 5) is 0. The molecule has 2 nitrogen and oxygen atoms in total. The van der Waals surface area contributed by atoms with Crippen molar-refractivity contribution in [2.45, 2.75) is 65.7 Å². The van der Waals surface area contributed by atoms with E-state index in [-0.39, 0.29) is 0 Å². The summed E-state index contributed by atoms with van der Waals surface area (Å²) in [5, 5.41) is 0. The summed E-state index contributed by atoms with van der Waals surface area (Å²) in [6, 6.07) is 0.737. The molecule has 0 N–H and O–H groups in total. The zero-order valence-electron chi connectivity index (χ0n) is 12.0. The third-order valence-corrected chi connectivity index (χ3v) is 24.3. The molecular formula is C10H28N2Si3. The predicted octanol–water partition coefficient (Wildman–Crippen LogP) is 3.25. The van der Waals surface area contributed by atoms with Crippen LogP contribution in [-0.2, 0) is 0 Å². The summed E-state index contributed by atoms with van der Waals surface area (Å²) >= 11 is 0. The van der Waals surface area contributed by atoms with Crippen molar-refractivity contribution in [3.63, 3.8) is 0 Å². The van der Waals surface area contributed by atoms with Gasteiger partial charge in [0.25, 0.3) is 0 Å². The van der Waals surface area contributed by atoms with Crippen LogP contribution in [0.1, 0.15) is 13.8 Å². The molecule has 90 valence electrons. The minimum atomic E-state index is -1.25. The van der Waals surface area contributed by atoms with Crippen molar-refractivity contribution in [2.24, 2.45) is 0 Å². The van der Waals surface area contributed by atoms with Gasteiger partial charge in [0.1, 0.15) is 8.24 Å². The maximum Gasteiger partial charge on any atom is 0.182 e. The number of rotatable bonds is 2. The van der Waals surface area contributed by atoms with Crippen molar-refractivity contribution < 1.29 is 0 Å². The average Bonchev–Trinajstić information content (AvgIpc) is 1.73. The van der Waals surface area contributed by atoms with Crippen LogP contribution in [0, 0.1) is 0 Å². The Balaban J connectivity index is 3.05. The zero-order valence-corrected chi connectivity index (χ0v) is 15.0. The molecule has 0 unspecified atom stereocenters. The first-order chi connectivity index (χ1) is 6.43. The van der Waals surface area contributed by atoms with E-state index in [1.54, 1.807) is 0 Å². The van der Waals surface area contributed by atoms with Gasteiger partial charge in [-0.15, -0.1) is 0 Å². The van der Waals surface area contributed by atoms with Crippen LogP contribution in [-0.4, -0.2) is 39.2 Å². The second kappa shape index (κ2) is 3.53. The lowest BCUT2D eigenvalue weighted by Gasteiger charge is -2.73. The van der Waals surface area contributed by atoms with Crippen molar-refractivity contribution in [3.05, 3.63) is 0 Å². The molecule has 0 aromatic carbocycles. The summed E-state index contributed by atoms with van der Waals surface area (Å²) in [6.45, 7) is 22.4. The van der Waals surface area contributed by atoms with Crippen LogP contribution >= 0.6 is 0 Å². The van der Waals surface area contributed by atoms with Gasteiger partial charge in [-0.3, -0.25) is 0 Å². The second-order valence-electron chi connectivity index (χ2n) is 6.96. The molecule has 0 radical (unpaired) electrons. The van der Waals surface area contributed by atoms with Crippen LogP contribution in [0.25, 0.3) is 0 Å². The fourth-order valence-electron chi connectivity index (χ4n) is 4.42. The third kappa shape index (κ3) is 1.93. The van der Waals surface area contributed by atoms with Crippen LogP contribution in [0.3, 0.4) is 0 Å². The van der Waals surface area contributed by atoms with E-state index in [4.69, 9.17) is 0 Å². The van der Waals surface area contributed by atoms with E-state index in [1.807, 2.05) is 0 Å². The number of hydrogen-bond donors (Lipinski definition) is 0. The summed E-state index contributed by atoms with van der Waals surface area (Å²) < 4.78 is 5.92. The Labute approximate surface area is 99.1 Å². The van der Waals surface area contributed by atoms with Gasteiger partial charge in [-0.2, -0.15) is 0 Å². The zero-order chi connectivity index (χ0) is 12.2. The molecule has 0 saturated carbocycles. The fraction of sp³-hybridized carbons (Fsp3) is 1.00. The average molecular weight is 261 g/mol. The lowest BCUT2D eigenvalue weighted by atomic mass is 10.4. The second-order valence-corrected chi connectivity index (χ2v) is 21.4. The number of hydrogen-bond acceptors (Lipinski definition) is 2. The van der Waals surface area contributed by atoms with Gasteiger partial charge < -0.3 is 8.13 Å². The molecule has 1 aliphatic rings. The Morgan fingerprint density at radius 2 is 1.20 bits per heavy atom. The quantitative estimate of drug-likeness (QED) is 0.703. The molecule has 1 heterocycles. The van der Waals surface area contributed by atoms with Crippen molar-refractivity contribution in [2.75, 3.05) is 0 Å². The van der Waals surface area contributed by atoms with Crippen LogP contribution in [0.15, 0.2) is 0 Å². The molecular weight excluding hydrogens is 232 g/mol.